The average Bonchev–Trinajstić information content (AvgIpc) is 3.13. The molecule has 1 atom stereocenters. The molecule has 2 aromatic carbocycles. The normalized spacial score (nSPS) is 11.8. The van der Waals surface area contributed by atoms with Crippen LogP contribution >= 0.6 is 23.1 Å². The van der Waals surface area contributed by atoms with Gasteiger partial charge >= 0.3 is 0 Å². The highest BCUT2D eigenvalue weighted by molar-refractivity contribution is 8.00. The maximum atomic E-state index is 12.8. The zero-order valence-electron chi connectivity index (χ0n) is 17.2. The number of thiazole rings is 1. The molecule has 6 nitrogen and oxygen atoms in total. The second-order valence-electron chi connectivity index (χ2n) is 6.68. The first-order valence-electron chi connectivity index (χ1n) is 9.84. The summed E-state index contributed by atoms with van der Waals surface area (Å²) in [5.74, 6) is 0.669. The molecule has 2 amide bonds. The van der Waals surface area contributed by atoms with E-state index in [9.17, 15) is 9.59 Å². The summed E-state index contributed by atoms with van der Waals surface area (Å²) in [4.78, 5) is 30.1. The third-order valence-corrected chi connectivity index (χ3v) is 6.65. The van der Waals surface area contributed by atoms with Crippen LogP contribution in [0, 0.1) is 0 Å². The predicted octanol–water partition coefficient (Wildman–Crippen LogP) is 5.55. The van der Waals surface area contributed by atoms with Crippen LogP contribution in [0.25, 0.3) is 10.2 Å². The van der Waals surface area contributed by atoms with Crippen LogP contribution in [0.4, 0.5) is 10.8 Å². The number of benzene rings is 2. The Morgan fingerprint density at radius 1 is 1.17 bits per heavy atom. The van der Waals surface area contributed by atoms with Gasteiger partial charge in [-0.25, -0.2) is 4.98 Å². The molecule has 1 unspecified atom stereocenters. The smallest absolute Gasteiger partial charge is 0.239 e. The lowest BCUT2D eigenvalue weighted by molar-refractivity contribution is -0.116. The van der Waals surface area contributed by atoms with E-state index in [1.54, 1.807) is 7.11 Å². The van der Waals surface area contributed by atoms with Gasteiger partial charge in [0.25, 0.3) is 0 Å². The van der Waals surface area contributed by atoms with Gasteiger partial charge < -0.3 is 15.4 Å². The van der Waals surface area contributed by atoms with Crippen molar-refractivity contribution in [3.05, 3.63) is 42.5 Å². The lowest BCUT2D eigenvalue weighted by atomic mass is 10.3. The quantitative estimate of drug-likeness (QED) is 0.424. The Bertz CT molecular complexity index is 1040. The van der Waals surface area contributed by atoms with Crippen LogP contribution in [0.15, 0.2) is 47.4 Å². The van der Waals surface area contributed by atoms with Gasteiger partial charge in [0.15, 0.2) is 5.13 Å². The molecule has 0 aliphatic heterocycles. The number of nitrogens with zero attached hydrogens (tertiary/aromatic N) is 1. The summed E-state index contributed by atoms with van der Waals surface area (Å²) in [6.07, 6.45) is 1.96. The van der Waals surface area contributed by atoms with E-state index in [0.29, 0.717) is 18.0 Å². The molecule has 0 saturated heterocycles. The number of methoxy groups -OCH3 is 1. The van der Waals surface area contributed by atoms with E-state index in [1.807, 2.05) is 56.3 Å². The minimum atomic E-state index is -0.270. The number of anilines is 2. The molecule has 0 bridgehead atoms. The summed E-state index contributed by atoms with van der Waals surface area (Å²) >= 11 is 2.90. The Morgan fingerprint density at radius 3 is 2.73 bits per heavy atom. The molecular formula is C22H25N3O3S2. The summed E-state index contributed by atoms with van der Waals surface area (Å²) in [6.45, 7) is 3.95. The first-order valence-corrected chi connectivity index (χ1v) is 11.5. The Balaban J connectivity index is 1.67. The summed E-state index contributed by atoms with van der Waals surface area (Å²) in [7, 11) is 1.62. The van der Waals surface area contributed by atoms with Crippen LogP contribution in [0.5, 0.6) is 5.75 Å². The van der Waals surface area contributed by atoms with Crippen molar-refractivity contribution < 1.29 is 14.3 Å². The largest absolute Gasteiger partial charge is 0.497 e. The topological polar surface area (TPSA) is 80.3 Å². The third-order valence-electron chi connectivity index (χ3n) is 4.36. The molecule has 0 fully saturated rings. The molecule has 158 valence electrons. The zero-order chi connectivity index (χ0) is 21.5. The van der Waals surface area contributed by atoms with Crippen molar-refractivity contribution in [2.24, 2.45) is 0 Å². The van der Waals surface area contributed by atoms with Crippen LogP contribution in [-0.2, 0) is 9.59 Å². The molecule has 0 radical (unpaired) electrons. The zero-order valence-corrected chi connectivity index (χ0v) is 18.9. The number of aromatic nitrogens is 1. The van der Waals surface area contributed by atoms with E-state index in [0.717, 1.165) is 33.0 Å². The maximum Gasteiger partial charge on any atom is 0.239 e. The van der Waals surface area contributed by atoms with Crippen molar-refractivity contribution in [1.82, 2.24) is 4.98 Å². The highest BCUT2D eigenvalue weighted by atomic mass is 32.2. The van der Waals surface area contributed by atoms with E-state index >= 15 is 0 Å². The van der Waals surface area contributed by atoms with Crippen molar-refractivity contribution in [3.8, 4) is 5.75 Å². The van der Waals surface area contributed by atoms with Crippen molar-refractivity contribution in [2.45, 2.75) is 43.3 Å². The number of rotatable bonds is 9. The summed E-state index contributed by atoms with van der Waals surface area (Å²) in [5, 5.41) is 6.14. The van der Waals surface area contributed by atoms with E-state index in [4.69, 9.17) is 4.74 Å². The van der Waals surface area contributed by atoms with E-state index < -0.39 is 0 Å². The molecule has 0 aliphatic rings. The van der Waals surface area contributed by atoms with Crippen molar-refractivity contribution in [2.75, 3.05) is 17.7 Å². The molecule has 8 heteroatoms. The highest BCUT2D eigenvalue weighted by Crippen LogP contribution is 2.31. The van der Waals surface area contributed by atoms with E-state index in [1.165, 1.54) is 23.1 Å². The monoisotopic (exact) mass is 443 g/mol. The number of ether oxygens (including phenoxy) is 1. The standard InChI is InChI=1S/C22H25N3O3S2/c1-4-7-20(26)23-14-8-6-9-16(12-14)29-18(5-2)21(27)25-22-24-17-11-10-15(28-3)13-19(17)30-22/h6,8-13,18H,4-5,7H2,1-3H3,(H,23,26)(H,24,25,27). The van der Waals surface area contributed by atoms with Crippen LogP contribution < -0.4 is 15.4 Å². The van der Waals surface area contributed by atoms with Gasteiger partial charge in [-0.05, 0) is 49.2 Å². The molecule has 3 rings (SSSR count). The number of carbonyl (C=O) groups excluding carboxylic acids is 2. The van der Waals surface area contributed by atoms with E-state index in [-0.39, 0.29) is 17.1 Å². The van der Waals surface area contributed by atoms with Gasteiger partial charge in [0.1, 0.15) is 5.75 Å². The Labute approximate surface area is 184 Å². The molecule has 3 aromatic rings. The fourth-order valence-electron chi connectivity index (χ4n) is 2.86. The number of nitrogens with one attached hydrogen (secondary N) is 2. The third kappa shape index (κ3) is 5.73. The second kappa shape index (κ2) is 10.4. The van der Waals surface area contributed by atoms with Crippen molar-refractivity contribution in [1.29, 1.82) is 0 Å². The molecule has 0 saturated carbocycles. The summed E-state index contributed by atoms with van der Waals surface area (Å²) in [5.41, 5.74) is 1.57. The minimum Gasteiger partial charge on any atom is -0.497 e. The number of hydrogen-bond donors (Lipinski definition) is 2. The van der Waals surface area contributed by atoms with Crippen molar-refractivity contribution in [3.63, 3.8) is 0 Å². The van der Waals surface area contributed by atoms with E-state index in [2.05, 4.69) is 15.6 Å². The van der Waals surface area contributed by atoms with Crippen LogP contribution in [0.1, 0.15) is 33.1 Å². The Hall–Kier alpha value is -2.58. The first-order chi connectivity index (χ1) is 14.5. The number of amides is 2. The van der Waals surface area contributed by atoms with Crippen LogP contribution in [0.2, 0.25) is 0 Å². The van der Waals surface area contributed by atoms with Crippen molar-refractivity contribution >= 4 is 55.9 Å². The molecule has 0 aliphatic carbocycles. The SMILES string of the molecule is CCCC(=O)Nc1cccc(SC(CC)C(=O)Nc2nc3ccc(OC)cc3s2)c1. The first kappa shape index (κ1) is 22.1. The lowest BCUT2D eigenvalue weighted by Crippen LogP contribution is -2.24. The highest BCUT2D eigenvalue weighted by Gasteiger charge is 2.20. The van der Waals surface area contributed by atoms with Crippen LogP contribution in [0.3, 0.4) is 0 Å². The molecule has 1 aromatic heterocycles. The number of thioether (sulfide) groups is 1. The summed E-state index contributed by atoms with van der Waals surface area (Å²) < 4.78 is 6.20. The van der Waals surface area contributed by atoms with Crippen LogP contribution in [-0.4, -0.2) is 29.2 Å². The van der Waals surface area contributed by atoms with Gasteiger partial charge in [-0.1, -0.05) is 31.3 Å². The van der Waals surface area contributed by atoms with Gasteiger partial charge in [0.2, 0.25) is 11.8 Å². The summed E-state index contributed by atoms with van der Waals surface area (Å²) in [6, 6.07) is 13.2. The second-order valence-corrected chi connectivity index (χ2v) is 8.99. The van der Waals surface area contributed by atoms with Gasteiger partial charge in [0, 0.05) is 17.0 Å². The average molecular weight is 444 g/mol. The molecule has 2 N–H and O–H groups in total. The molecule has 0 spiro atoms. The maximum absolute atomic E-state index is 12.8. The fourth-order valence-corrected chi connectivity index (χ4v) is 4.77. The molecule has 30 heavy (non-hydrogen) atoms. The Morgan fingerprint density at radius 2 is 2.00 bits per heavy atom. The molecular weight excluding hydrogens is 418 g/mol. The number of fused-ring (bicyclic) bond motifs is 1. The fraction of sp³-hybridized carbons (Fsp3) is 0.318. The predicted molar refractivity (Wildman–Crippen MR) is 125 cm³/mol. The lowest BCUT2D eigenvalue weighted by Gasteiger charge is -2.14. The number of carbonyl (C=O) groups is 2. The van der Waals surface area contributed by atoms with Gasteiger partial charge in [-0.3, -0.25) is 9.59 Å². The van der Waals surface area contributed by atoms with Gasteiger partial charge in [0.05, 0.1) is 22.6 Å². The van der Waals surface area contributed by atoms with Gasteiger partial charge in [-0.15, -0.1) is 11.8 Å². The van der Waals surface area contributed by atoms with Gasteiger partial charge in [-0.2, -0.15) is 0 Å². The number of hydrogen-bond acceptors (Lipinski definition) is 6. The Kier molecular flexibility index (Phi) is 7.70. The minimum absolute atomic E-state index is 0.00287. The molecule has 1 heterocycles.